The lowest BCUT2D eigenvalue weighted by atomic mass is 10.1. The second-order valence-corrected chi connectivity index (χ2v) is 3.16. The van der Waals surface area contributed by atoms with Crippen LogP contribution in [0.2, 0.25) is 0 Å². The van der Waals surface area contributed by atoms with Crippen molar-refractivity contribution < 1.29 is 18.7 Å². The van der Waals surface area contributed by atoms with Gasteiger partial charge in [0.05, 0.1) is 11.1 Å². The molecule has 1 aromatic carbocycles. The number of benzene rings is 1. The molecule has 1 heterocycles. The van der Waals surface area contributed by atoms with Gasteiger partial charge >= 0.3 is 5.97 Å². The average molecular weight is 236 g/mol. The molecule has 0 amide bonds. The lowest BCUT2D eigenvalue weighted by Crippen LogP contribution is -2.05. The van der Waals surface area contributed by atoms with E-state index in [1.807, 2.05) is 0 Å². The largest absolute Gasteiger partial charge is 0.478 e. The number of aromatic nitrogens is 2. The summed E-state index contributed by atoms with van der Waals surface area (Å²) in [6.45, 7) is 0. The monoisotopic (exact) mass is 236 g/mol. The van der Waals surface area contributed by atoms with Crippen molar-refractivity contribution in [3.8, 4) is 11.4 Å². The van der Waals surface area contributed by atoms with Gasteiger partial charge in [-0.05, 0) is 18.2 Å². The Kier molecular flexibility index (Phi) is 2.78. The molecular formula is C11H6F2N2O2. The molecule has 1 N–H and O–H groups in total. The van der Waals surface area contributed by atoms with Crippen molar-refractivity contribution in [1.29, 1.82) is 0 Å². The van der Waals surface area contributed by atoms with Crippen molar-refractivity contribution in [2.75, 3.05) is 0 Å². The Labute approximate surface area is 94.6 Å². The van der Waals surface area contributed by atoms with Crippen LogP contribution in [0.25, 0.3) is 11.4 Å². The highest BCUT2D eigenvalue weighted by Crippen LogP contribution is 2.25. The molecule has 0 aliphatic rings. The summed E-state index contributed by atoms with van der Waals surface area (Å²) in [5, 5.41) is 8.90. The summed E-state index contributed by atoms with van der Waals surface area (Å²) in [6.07, 6.45) is 2.64. The number of rotatable bonds is 2. The standard InChI is InChI=1S/C11H6F2N2O2/c12-7-3-2-6(11(16)17)8(9(7)13)10-14-4-1-5-15-10/h1-5H,(H,16,17). The lowest BCUT2D eigenvalue weighted by Gasteiger charge is -2.06. The second-order valence-electron chi connectivity index (χ2n) is 3.16. The molecule has 0 atom stereocenters. The number of carbonyl (C=O) groups is 1. The number of hydrogen-bond acceptors (Lipinski definition) is 3. The fraction of sp³-hybridized carbons (Fsp3) is 0. The average Bonchev–Trinajstić information content (AvgIpc) is 2.33. The van der Waals surface area contributed by atoms with Crippen molar-refractivity contribution >= 4 is 5.97 Å². The van der Waals surface area contributed by atoms with Gasteiger partial charge in [0.1, 0.15) is 0 Å². The molecule has 86 valence electrons. The first-order valence-electron chi connectivity index (χ1n) is 4.60. The van der Waals surface area contributed by atoms with Crippen molar-refractivity contribution in [2.24, 2.45) is 0 Å². The Morgan fingerprint density at radius 3 is 2.41 bits per heavy atom. The molecule has 4 nitrogen and oxygen atoms in total. The number of carboxylic acid groups (broad SMARTS) is 1. The van der Waals surface area contributed by atoms with E-state index in [1.54, 1.807) is 0 Å². The predicted molar refractivity (Wildman–Crippen MR) is 54.3 cm³/mol. The maximum absolute atomic E-state index is 13.6. The maximum Gasteiger partial charge on any atom is 0.336 e. The minimum atomic E-state index is -1.37. The number of aromatic carboxylic acids is 1. The van der Waals surface area contributed by atoms with Crippen LogP contribution in [0.1, 0.15) is 10.4 Å². The van der Waals surface area contributed by atoms with E-state index in [2.05, 4.69) is 9.97 Å². The molecule has 0 bridgehead atoms. The normalized spacial score (nSPS) is 10.2. The topological polar surface area (TPSA) is 63.1 Å². The first-order valence-corrected chi connectivity index (χ1v) is 4.60. The molecule has 2 rings (SSSR count). The number of halogens is 2. The highest BCUT2D eigenvalue weighted by atomic mass is 19.2. The van der Waals surface area contributed by atoms with Crippen molar-refractivity contribution in [3.63, 3.8) is 0 Å². The van der Waals surface area contributed by atoms with E-state index in [0.29, 0.717) is 0 Å². The van der Waals surface area contributed by atoms with E-state index in [1.165, 1.54) is 18.5 Å². The van der Waals surface area contributed by atoms with Gasteiger partial charge in [-0.2, -0.15) is 0 Å². The summed E-state index contributed by atoms with van der Waals surface area (Å²) in [6, 6.07) is 3.22. The first kappa shape index (κ1) is 11.1. The van der Waals surface area contributed by atoms with E-state index >= 15 is 0 Å². The molecule has 0 spiro atoms. The van der Waals surface area contributed by atoms with E-state index in [9.17, 15) is 13.6 Å². The van der Waals surface area contributed by atoms with Gasteiger partial charge in [-0.1, -0.05) is 0 Å². The number of hydrogen-bond donors (Lipinski definition) is 1. The highest BCUT2D eigenvalue weighted by Gasteiger charge is 2.21. The molecule has 0 radical (unpaired) electrons. The van der Waals surface area contributed by atoms with Crippen LogP contribution in [0.4, 0.5) is 8.78 Å². The molecule has 0 aliphatic heterocycles. The molecule has 0 saturated carbocycles. The molecule has 2 aromatic rings. The summed E-state index contributed by atoms with van der Waals surface area (Å²) < 4.78 is 26.7. The quantitative estimate of drug-likeness (QED) is 0.867. The summed E-state index contributed by atoms with van der Waals surface area (Å²) in [7, 11) is 0. The molecule has 6 heteroatoms. The van der Waals surface area contributed by atoms with Crippen LogP contribution in [0.5, 0.6) is 0 Å². The van der Waals surface area contributed by atoms with Crippen molar-refractivity contribution in [3.05, 3.63) is 47.8 Å². The van der Waals surface area contributed by atoms with Crippen LogP contribution in [-0.2, 0) is 0 Å². The van der Waals surface area contributed by atoms with Crippen LogP contribution in [0, 0.1) is 11.6 Å². The SMILES string of the molecule is O=C(O)c1ccc(F)c(F)c1-c1ncccn1. The van der Waals surface area contributed by atoms with Crippen LogP contribution in [0.15, 0.2) is 30.6 Å². The zero-order valence-electron chi connectivity index (χ0n) is 8.39. The zero-order chi connectivity index (χ0) is 12.4. The molecule has 0 aliphatic carbocycles. The van der Waals surface area contributed by atoms with Crippen LogP contribution in [-0.4, -0.2) is 21.0 Å². The van der Waals surface area contributed by atoms with Crippen LogP contribution >= 0.6 is 0 Å². The third-order valence-corrected chi connectivity index (χ3v) is 2.11. The van der Waals surface area contributed by atoms with Gasteiger partial charge in [0.15, 0.2) is 17.5 Å². The highest BCUT2D eigenvalue weighted by molar-refractivity contribution is 5.95. The Hall–Kier alpha value is -2.37. The van der Waals surface area contributed by atoms with Gasteiger partial charge in [-0.25, -0.2) is 23.5 Å². The smallest absolute Gasteiger partial charge is 0.336 e. The predicted octanol–water partition coefficient (Wildman–Crippen LogP) is 2.12. The van der Waals surface area contributed by atoms with E-state index in [0.717, 1.165) is 12.1 Å². The lowest BCUT2D eigenvalue weighted by molar-refractivity contribution is 0.0697. The summed E-state index contributed by atoms with van der Waals surface area (Å²) in [4.78, 5) is 18.3. The Balaban J connectivity index is 2.74. The fourth-order valence-corrected chi connectivity index (χ4v) is 1.38. The number of carboxylic acids is 1. The zero-order valence-corrected chi connectivity index (χ0v) is 8.39. The van der Waals surface area contributed by atoms with Crippen LogP contribution < -0.4 is 0 Å². The third kappa shape index (κ3) is 1.96. The van der Waals surface area contributed by atoms with Gasteiger partial charge in [0, 0.05) is 12.4 Å². The van der Waals surface area contributed by atoms with Crippen molar-refractivity contribution in [1.82, 2.24) is 9.97 Å². The summed E-state index contributed by atoms with van der Waals surface area (Å²) in [5.74, 6) is -3.94. The van der Waals surface area contributed by atoms with Crippen LogP contribution in [0.3, 0.4) is 0 Å². The Bertz CT molecular complexity index is 573. The second kappa shape index (κ2) is 4.25. The third-order valence-electron chi connectivity index (χ3n) is 2.11. The molecule has 0 saturated heterocycles. The minimum absolute atomic E-state index is 0.165. The Morgan fingerprint density at radius 1 is 1.18 bits per heavy atom. The molecule has 17 heavy (non-hydrogen) atoms. The van der Waals surface area contributed by atoms with Crippen molar-refractivity contribution in [2.45, 2.75) is 0 Å². The van der Waals surface area contributed by atoms with E-state index in [4.69, 9.17) is 5.11 Å². The number of nitrogens with zero attached hydrogens (tertiary/aromatic N) is 2. The van der Waals surface area contributed by atoms with Gasteiger partial charge in [0.2, 0.25) is 0 Å². The molecule has 1 aromatic heterocycles. The molecule has 0 fully saturated rings. The first-order chi connectivity index (χ1) is 8.11. The van der Waals surface area contributed by atoms with Gasteiger partial charge in [-0.3, -0.25) is 0 Å². The van der Waals surface area contributed by atoms with Gasteiger partial charge < -0.3 is 5.11 Å². The van der Waals surface area contributed by atoms with Gasteiger partial charge in [0.25, 0.3) is 0 Å². The summed E-state index contributed by atoms with van der Waals surface area (Å²) >= 11 is 0. The Morgan fingerprint density at radius 2 is 1.82 bits per heavy atom. The van der Waals surface area contributed by atoms with Gasteiger partial charge in [-0.15, -0.1) is 0 Å². The van der Waals surface area contributed by atoms with E-state index < -0.39 is 23.2 Å². The van der Waals surface area contributed by atoms with E-state index in [-0.39, 0.29) is 11.4 Å². The fourth-order valence-electron chi connectivity index (χ4n) is 1.38. The molecule has 0 unspecified atom stereocenters. The molecular weight excluding hydrogens is 230 g/mol. The maximum atomic E-state index is 13.6. The summed E-state index contributed by atoms with van der Waals surface area (Å²) in [5.41, 5.74) is -0.826. The minimum Gasteiger partial charge on any atom is -0.478 e.